The van der Waals surface area contributed by atoms with Gasteiger partial charge in [0.2, 0.25) is 4.77 Å². The maximum atomic E-state index is 11.7. The quantitative estimate of drug-likeness (QED) is 0.207. The van der Waals surface area contributed by atoms with Crippen molar-refractivity contribution in [2.45, 2.75) is 0 Å². The summed E-state index contributed by atoms with van der Waals surface area (Å²) >= 11 is 5.45. The van der Waals surface area contributed by atoms with Crippen LogP contribution in [0.2, 0.25) is 0 Å². The number of benzene rings is 3. The summed E-state index contributed by atoms with van der Waals surface area (Å²) in [5.74, 6) is 0.0210. The Morgan fingerprint density at radius 2 is 1.63 bits per heavy atom. The molecule has 0 fully saturated rings. The normalized spacial score (nSPS) is 11.1. The Bertz CT molecular complexity index is 1550. The number of rotatable bonds is 6. The number of carbonyl (C=O) groups excluding carboxylic acids is 1. The van der Waals surface area contributed by atoms with Gasteiger partial charge in [0.25, 0.3) is 5.95 Å². The molecule has 0 spiro atoms. The lowest BCUT2D eigenvalue weighted by Crippen LogP contribution is -2.07. The summed E-state index contributed by atoms with van der Waals surface area (Å²) in [6.07, 6.45) is 1.64. The van der Waals surface area contributed by atoms with E-state index in [0.29, 0.717) is 16.3 Å². The third kappa shape index (κ3) is 4.57. The Balaban J connectivity index is 1.57. The molecular formula is C26H20N6O2S. The van der Waals surface area contributed by atoms with Crippen LogP contribution in [0.5, 0.6) is 0 Å². The van der Waals surface area contributed by atoms with Crippen molar-refractivity contribution in [2.24, 2.45) is 5.10 Å². The molecule has 5 aromatic rings. The van der Waals surface area contributed by atoms with Crippen molar-refractivity contribution in [3.63, 3.8) is 0 Å². The van der Waals surface area contributed by atoms with Crippen molar-refractivity contribution in [1.29, 1.82) is 0 Å². The Kier molecular flexibility index (Phi) is 6.15. The third-order valence-electron chi connectivity index (χ3n) is 5.33. The van der Waals surface area contributed by atoms with Gasteiger partial charge in [-0.3, -0.25) is 0 Å². The zero-order valence-corrected chi connectivity index (χ0v) is 19.5. The zero-order chi connectivity index (χ0) is 24.2. The fraction of sp³-hybridized carbons (Fsp3) is 0.0385. The van der Waals surface area contributed by atoms with Gasteiger partial charge in [-0.25, -0.2) is 9.89 Å². The monoisotopic (exact) mass is 480 g/mol. The van der Waals surface area contributed by atoms with E-state index in [9.17, 15) is 4.79 Å². The number of aromatic amines is 1. The van der Waals surface area contributed by atoms with Crippen LogP contribution in [-0.2, 0) is 4.74 Å². The van der Waals surface area contributed by atoms with Crippen molar-refractivity contribution in [3.8, 4) is 28.5 Å². The van der Waals surface area contributed by atoms with Crippen molar-refractivity contribution >= 4 is 24.4 Å². The highest BCUT2D eigenvalue weighted by Gasteiger charge is 2.17. The molecule has 0 amide bonds. The smallest absolute Gasteiger partial charge is 0.337 e. The number of hydrogen-bond donors (Lipinski definition) is 1. The standard InChI is InChI=1S/C26H20N6O2S/c1-34-24(33)21-14-12-18(13-15-21)17-27-32-25(28-29-26(32)35)31-23(20-10-6-3-7-11-20)16-22(30-31)19-8-4-2-5-9-19/h2-17H,1H3,(H,29,35)/b27-17+. The number of methoxy groups -OCH3 is 1. The Hall–Kier alpha value is -4.63. The lowest BCUT2D eigenvalue weighted by molar-refractivity contribution is 0.0600. The van der Waals surface area contributed by atoms with Gasteiger partial charge in [-0.15, -0.1) is 5.10 Å². The highest BCUT2D eigenvalue weighted by molar-refractivity contribution is 7.71. The number of ether oxygens (including phenoxy) is 1. The van der Waals surface area contributed by atoms with E-state index in [-0.39, 0.29) is 0 Å². The summed E-state index contributed by atoms with van der Waals surface area (Å²) in [6, 6.07) is 28.8. The molecular weight excluding hydrogens is 460 g/mol. The number of carbonyl (C=O) groups is 1. The van der Waals surface area contributed by atoms with Crippen LogP contribution < -0.4 is 0 Å². The molecule has 8 nitrogen and oxygen atoms in total. The van der Waals surface area contributed by atoms with Gasteiger partial charge >= 0.3 is 5.97 Å². The molecule has 0 saturated carbocycles. The molecule has 0 bridgehead atoms. The number of esters is 1. The predicted octanol–water partition coefficient (Wildman–Crippen LogP) is 5.13. The molecule has 0 aliphatic heterocycles. The van der Waals surface area contributed by atoms with Crippen LogP contribution in [-0.4, -0.2) is 43.9 Å². The molecule has 35 heavy (non-hydrogen) atoms. The van der Waals surface area contributed by atoms with Crippen molar-refractivity contribution in [1.82, 2.24) is 24.7 Å². The Labute approximate surface area is 206 Å². The van der Waals surface area contributed by atoms with Gasteiger partial charge in [-0.05, 0) is 36.0 Å². The topological polar surface area (TPSA) is 90.1 Å². The first-order valence-electron chi connectivity index (χ1n) is 10.8. The van der Waals surface area contributed by atoms with Crippen LogP contribution in [0.1, 0.15) is 15.9 Å². The van der Waals surface area contributed by atoms with E-state index < -0.39 is 5.97 Å². The van der Waals surface area contributed by atoms with E-state index >= 15 is 0 Å². The molecule has 0 radical (unpaired) electrons. The lowest BCUT2D eigenvalue weighted by Gasteiger charge is -2.06. The van der Waals surface area contributed by atoms with Crippen molar-refractivity contribution in [2.75, 3.05) is 7.11 Å². The largest absolute Gasteiger partial charge is 0.465 e. The summed E-state index contributed by atoms with van der Waals surface area (Å²) in [4.78, 5) is 11.7. The summed E-state index contributed by atoms with van der Waals surface area (Å²) in [7, 11) is 1.35. The summed E-state index contributed by atoms with van der Waals surface area (Å²) in [5.41, 5.74) is 4.84. The van der Waals surface area contributed by atoms with Gasteiger partial charge in [0.05, 0.1) is 30.3 Å². The molecule has 1 N–H and O–H groups in total. The van der Waals surface area contributed by atoms with Gasteiger partial charge in [0, 0.05) is 11.1 Å². The lowest BCUT2D eigenvalue weighted by atomic mass is 10.1. The van der Waals surface area contributed by atoms with Gasteiger partial charge in [-0.2, -0.15) is 19.6 Å². The molecule has 0 unspecified atom stereocenters. The maximum absolute atomic E-state index is 11.7. The molecule has 172 valence electrons. The highest BCUT2D eigenvalue weighted by Crippen LogP contribution is 2.28. The zero-order valence-electron chi connectivity index (χ0n) is 18.7. The molecule has 0 aliphatic rings. The minimum atomic E-state index is -0.394. The van der Waals surface area contributed by atoms with Crippen LogP contribution in [0, 0.1) is 4.77 Å². The molecule has 9 heteroatoms. The number of nitrogens with zero attached hydrogens (tertiary/aromatic N) is 5. The van der Waals surface area contributed by atoms with E-state index in [2.05, 4.69) is 15.3 Å². The summed E-state index contributed by atoms with van der Waals surface area (Å²) in [5, 5.41) is 16.6. The fourth-order valence-corrected chi connectivity index (χ4v) is 3.74. The van der Waals surface area contributed by atoms with Crippen molar-refractivity contribution < 1.29 is 9.53 Å². The third-order valence-corrected chi connectivity index (χ3v) is 5.59. The van der Waals surface area contributed by atoms with E-state index in [0.717, 1.165) is 28.1 Å². The van der Waals surface area contributed by atoms with Gasteiger partial charge in [0.1, 0.15) is 0 Å². The SMILES string of the molecule is COC(=O)c1ccc(/C=N/n2c(-n3nc(-c4ccccc4)cc3-c3ccccc3)n[nH]c2=S)cc1. The predicted molar refractivity (Wildman–Crippen MR) is 136 cm³/mol. The second-order valence-electron chi connectivity index (χ2n) is 7.56. The minimum Gasteiger partial charge on any atom is -0.465 e. The van der Waals surface area contributed by atoms with E-state index in [4.69, 9.17) is 22.1 Å². The first-order chi connectivity index (χ1) is 17.1. The molecule has 0 saturated heterocycles. The second kappa shape index (κ2) is 9.70. The van der Waals surface area contributed by atoms with Crippen LogP contribution in [0.25, 0.3) is 28.5 Å². The molecule has 0 atom stereocenters. The Morgan fingerprint density at radius 3 is 2.29 bits per heavy atom. The molecule has 0 aliphatic carbocycles. The van der Waals surface area contributed by atoms with Crippen LogP contribution in [0.3, 0.4) is 0 Å². The van der Waals surface area contributed by atoms with Gasteiger partial charge < -0.3 is 4.74 Å². The van der Waals surface area contributed by atoms with Gasteiger partial charge in [0.15, 0.2) is 0 Å². The van der Waals surface area contributed by atoms with Crippen LogP contribution in [0.4, 0.5) is 0 Å². The highest BCUT2D eigenvalue weighted by atomic mass is 32.1. The summed E-state index contributed by atoms with van der Waals surface area (Å²) in [6.45, 7) is 0. The first-order valence-corrected chi connectivity index (χ1v) is 11.2. The van der Waals surface area contributed by atoms with E-state index in [1.54, 1.807) is 35.2 Å². The van der Waals surface area contributed by atoms with Crippen molar-refractivity contribution in [3.05, 3.63) is 107 Å². The minimum absolute atomic E-state index is 0.318. The maximum Gasteiger partial charge on any atom is 0.337 e. The molecule has 3 aromatic carbocycles. The van der Waals surface area contributed by atoms with Crippen LogP contribution in [0.15, 0.2) is 96.1 Å². The first kappa shape index (κ1) is 22.2. The summed E-state index contributed by atoms with van der Waals surface area (Å²) < 4.78 is 8.30. The van der Waals surface area contributed by atoms with Gasteiger partial charge in [-0.1, -0.05) is 72.8 Å². The molecule has 2 heterocycles. The Morgan fingerprint density at radius 1 is 0.971 bits per heavy atom. The average molecular weight is 481 g/mol. The van der Waals surface area contributed by atoms with E-state index in [1.807, 2.05) is 66.7 Å². The average Bonchev–Trinajstić information content (AvgIpc) is 3.52. The fourth-order valence-electron chi connectivity index (χ4n) is 3.57. The number of nitrogens with one attached hydrogen (secondary N) is 1. The van der Waals surface area contributed by atoms with E-state index in [1.165, 1.54) is 11.8 Å². The van der Waals surface area contributed by atoms with Crippen LogP contribution >= 0.6 is 12.2 Å². The number of hydrogen-bond acceptors (Lipinski definition) is 6. The second-order valence-corrected chi connectivity index (χ2v) is 7.94. The number of H-pyrrole nitrogens is 1. The molecule has 5 rings (SSSR count). The molecule has 2 aromatic heterocycles. The number of aromatic nitrogens is 5.